The summed E-state index contributed by atoms with van der Waals surface area (Å²) in [6.45, 7) is 5.02. The molecule has 2 aliphatic carbocycles. The predicted octanol–water partition coefficient (Wildman–Crippen LogP) is 5.18. The molecule has 0 amide bonds. The van der Waals surface area contributed by atoms with E-state index < -0.39 is 33.6 Å². The molecule has 0 radical (unpaired) electrons. The van der Waals surface area contributed by atoms with Crippen LogP contribution in [0.3, 0.4) is 0 Å². The zero-order valence-electron chi connectivity index (χ0n) is 13.0. The van der Waals surface area contributed by atoms with Gasteiger partial charge in [0.1, 0.15) is 0 Å². The first-order valence-corrected chi connectivity index (χ1v) is 30.9. The third-order valence-electron chi connectivity index (χ3n) is 5.98. The third kappa shape index (κ3) is 3.16. The van der Waals surface area contributed by atoms with Crippen LogP contribution in [-0.2, 0) is 23.1 Å². The summed E-state index contributed by atoms with van der Waals surface area (Å²) < 4.78 is 8.06. The summed E-state index contributed by atoms with van der Waals surface area (Å²) >= 11 is -3.38. The number of fused-ring (bicyclic) bond motifs is 1. The second kappa shape index (κ2) is 7.02. The van der Waals surface area contributed by atoms with Crippen LogP contribution in [0.25, 0.3) is 0 Å². The first-order chi connectivity index (χ1) is 10.4. The van der Waals surface area contributed by atoms with Gasteiger partial charge in [0.05, 0.1) is 0 Å². The molecule has 4 atom stereocenters. The fraction of sp³-hybridized carbons (Fsp3) is 0.625. The molecule has 22 heavy (non-hydrogen) atoms. The Kier molecular flexibility index (Phi) is 5.84. The molecule has 3 aliphatic rings. The van der Waals surface area contributed by atoms with Gasteiger partial charge in [-0.25, -0.2) is 0 Å². The summed E-state index contributed by atoms with van der Waals surface area (Å²) in [6, 6.07) is 11.0. The van der Waals surface area contributed by atoms with E-state index in [0.717, 1.165) is 5.92 Å². The van der Waals surface area contributed by atoms with Crippen LogP contribution < -0.4 is 4.46 Å². The molecule has 1 unspecified atom stereocenters. The van der Waals surface area contributed by atoms with Gasteiger partial charge < -0.3 is 0 Å². The van der Waals surface area contributed by atoms with Gasteiger partial charge in [0, 0.05) is 0 Å². The molecule has 0 aromatic heterocycles. The van der Waals surface area contributed by atoms with Gasteiger partial charge in [-0.2, -0.15) is 0 Å². The molecule has 1 heterocycles. The van der Waals surface area contributed by atoms with Gasteiger partial charge in [0.15, 0.2) is 0 Å². The molecule has 120 valence electrons. The number of halogens is 3. The molecule has 1 nitrogen and oxygen atoms in total. The quantitative estimate of drug-likeness (QED) is 0.397. The van der Waals surface area contributed by atoms with Crippen LogP contribution in [0.1, 0.15) is 33.1 Å². The Morgan fingerprint density at radius 1 is 1.18 bits per heavy atom. The van der Waals surface area contributed by atoms with Crippen LogP contribution in [0.4, 0.5) is 0 Å². The Morgan fingerprint density at radius 3 is 2.36 bits per heavy atom. The zero-order chi connectivity index (χ0) is 16.0. The van der Waals surface area contributed by atoms with Gasteiger partial charge in [-0.05, 0) is 0 Å². The van der Waals surface area contributed by atoms with Gasteiger partial charge in [-0.3, -0.25) is 0 Å². The van der Waals surface area contributed by atoms with Crippen LogP contribution in [0.15, 0.2) is 30.3 Å². The van der Waals surface area contributed by atoms with Gasteiger partial charge in [0.25, 0.3) is 0 Å². The van der Waals surface area contributed by atoms with Gasteiger partial charge in [-0.15, -0.1) is 0 Å². The van der Waals surface area contributed by atoms with Gasteiger partial charge in [0.2, 0.25) is 0 Å². The van der Waals surface area contributed by atoms with Crippen molar-refractivity contribution in [3.05, 3.63) is 30.3 Å². The maximum absolute atomic E-state index is 6.56. The fourth-order valence-electron chi connectivity index (χ4n) is 4.60. The van der Waals surface area contributed by atoms with E-state index in [4.69, 9.17) is 28.6 Å². The van der Waals surface area contributed by atoms with Crippen molar-refractivity contribution in [1.29, 1.82) is 0 Å². The van der Waals surface area contributed by atoms with Crippen molar-refractivity contribution in [3.8, 4) is 0 Å². The fourth-order valence-corrected chi connectivity index (χ4v) is 9.88. The van der Waals surface area contributed by atoms with Crippen molar-refractivity contribution in [1.82, 2.24) is 0 Å². The molecule has 1 aliphatic heterocycles. The van der Waals surface area contributed by atoms with Crippen molar-refractivity contribution < 1.29 is 23.1 Å². The van der Waals surface area contributed by atoms with Crippen LogP contribution in [0, 0.1) is 16.7 Å². The second-order valence-electron chi connectivity index (χ2n) is 7.04. The SMILES string of the molecule is CC1(C)[C@@H]2CC[C@]13C[Se+](c1ccccc1)O[C@@H]3C2.[Cl][Hg-]([Cl])[Cl]. The van der Waals surface area contributed by atoms with E-state index in [1.807, 2.05) is 0 Å². The molecule has 1 saturated heterocycles. The van der Waals surface area contributed by atoms with E-state index >= 15 is 0 Å². The number of benzene rings is 1. The Hall–Kier alpha value is 1.50. The van der Waals surface area contributed by atoms with Crippen molar-refractivity contribution in [2.75, 3.05) is 0 Å². The van der Waals surface area contributed by atoms with E-state index in [9.17, 15) is 0 Å². The van der Waals surface area contributed by atoms with Crippen molar-refractivity contribution in [2.45, 2.75) is 44.5 Å². The summed E-state index contributed by atoms with van der Waals surface area (Å²) in [7, 11) is 15.1. The van der Waals surface area contributed by atoms with Crippen LogP contribution in [-0.4, -0.2) is 20.3 Å². The minimum atomic E-state index is -2.37. The van der Waals surface area contributed by atoms with E-state index in [0.29, 0.717) is 16.9 Å². The molecular weight excluding hydrogens is 594 g/mol. The predicted molar refractivity (Wildman–Crippen MR) is 92.6 cm³/mol. The summed E-state index contributed by atoms with van der Waals surface area (Å²) in [6.07, 6.45) is 4.78. The molecular formula is C16H21Cl3HgOSe. The Labute approximate surface area is 156 Å². The van der Waals surface area contributed by atoms with Crippen LogP contribution in [0.2, 0.25) is 5.32 Å². The summed E-state index contributed by atoms with van der Waals surface area (Å²) in [5, 5.41) is 1.37. The Balaban J connectivity index is 0.000000325. The van der Waals surface area contributed by atoms with E-state index in [1.165, 1.54) is 29.0 Å². The third-order valence-corrected chi connectivity index (χ3v) is 10.3. The Morgan fingerprint density at radius 2 is 1.82 bits per heavy atom. The monoisotopic (exact) mass is 616 g/mol. The topological polar surface area (TPSA) is 9.23 Å². The van der Waals surface area contributed by atoms with Crippen molar-refractivity contribution in [3.63, 3.8) is 0 Å². The molecule has 2 bridgehead atoms. The minimum absolute atomic E-state index is 0.519. The average molecular weight is 615 g/mol. The van der Waals surface area contributed by atoms with E-state index in [1.54, 1.807) is 0 Å². The zero-order valence-corrected chi connectivity index (χ0v) is 22.5. The molecule has 6 heteroatoms. The van der Waals surface area contributed by atoms with Crippen LogP contribution >= 0.6 is 24.7 Å². The van der Waals surface area contributed by atoms with E-state index in [-0.39, 0.29) is 0 Å². The number of rotatable bonds is 1. The first-order valence-electron chi connectivity index (χ1n) is 7.87. The van der Waals surface area contributed by atoms with E-state index in [2.05, 4.69) is 44.2 Å². The molecule has 1 aromatic carbocycles. The van der Waals surface area contributed by atoms with Gasteiger partial charge in [-0.1, -0.05) is 0 Å². The van der Waals surface area contributed by atoms with Crippen molar-refractivity contribution in [2.24, 2.45) is 16.7 Å². The first kappa shape index (κ1) is 18.3. The van der Waals surface area contributed by atoms with Gasteiger partial charge >= 0.3 is 158 Å². The summed E-state index contributed by atoms with van der Waals surface area (Å²) in [5.74, 6) is 0.922. The Bertz CT molecular complexity index is 525. The number of hydrogen-bond donors (Lipinski definition) is 0. The molecule has 1 spiro atoms. The molecule has 2 saturated carbocycles. The average Bonchev–Trinajstić information content (AvgIpc) is 3.03. The normalized spacial score (nSPS) is 37.4. The van der Waals surface area contributed by atoms with Crippen LogP contribution in [0.5, 0.6) is 0 Å². The molecule has 1 aromatic rings. The standard InChI is InChI=1S/C16H21OSe.3ClH.Hg/c1-15(2)12-8-9-16(15)11-18(17-14(16)10-12)13-6-4-3-5-7-13;;;;/h3-7,12,14H,8-11H2,1-2H3;3*1H;/q+1;;;;+2/p-3/t12-,14-,16-,18?;;;;/m1..../s1. The second-order valence-corrected chi connectivity index (χ2v) is 34.1. The number of hydrogen-bond acceptors (Lipinski definition) is 1. The maximum atomic E-state index is 6.56. The summed E-state index contributed by atoms with van der Waals surface area (Å²) in [4.78, 5) is 0. The molecule has 3 fully saturated rings. The van der Waals surface area contributed by atoms with Crippen molar-refractivity contribution >= 4 is 43.4 Å². The molecule has 0 N–H and O–H groups in total. The molecule has 4 rings (SSSR count). The summed E-state index contributed by atoms with van der Waals surface area (Å²) in [5.41, 5.74) is 1.04.